The van der Waals surface area contributed by atoms with Crippen molar-refractivity contribution in [2.45, 2.75) is 43.4 Å². The summed E-state index contributed by atoms with van der Waals surface area (Å²) in [5.74, 6) is 0. The molecular weight excluding hydrogens is 330 g/mol. The van der Waals surface area contributed by atoms with Gasteiger partial charge in [0.25, 0.3) is 0 Å². The molecule has 0 radical (unpaired) electrons. The lowest BCUT2D eigenvalue weighted by atomic mass is 10.2. The van der Waals surface area contributed by atoms with E-state index in [1.807, 2.05) is 0 Å². The molecule has 0 unspecified atom stereocenters. The molecular formula is C13H20IOP. The van der Waals surface area contributed by atoms with E-state index in [1.165, 1.54) is 5.56 Å². The van der Waals surface area contributed by atoms with Gasteiger partial charge in [-0.3, -0.25) is 0 Å². The molecule has 1 rings (SSSR count). The Morgan fingerprint density at radius 3 is 1.81 bits per heavy atom. The zero-order valence-electron chi connectivity index (χ0n) is 10.4. The second-order valence-electron chi connectivity index (χ2n) is 4.70. The molecule has 16 heavy (non-hydrogen) atoms. The summed E-state index contributed by atoms with van der Waals surface area (Å²) in [6.45, 7) is 8.25. The fourth-order valence-corrected chi connectivity index (χ4v) is 5.52. The van der Waals surface area contributed by atoms with E-state index < -0.39 is 7.14 Å². The van der Waals surface area contributed by atoms with Gasteiger partial charge in [-0.15, -0.1) is 0 Å². The maximum atomic E-state index is 13.0. The van der Waals surface area contributed by atoms with Crippen LogP contribution >= 0.6 is 29.7 Å². The van der Waals surface area contributed by atoms with Crippen LogP contribution in [0.3, 0.4) is 0 Å². The van der Waals surface area contributed by atoms with Gasteiger partial charge in [-0.05, 0) is 5.56 Å². The molecule has 0 saturated heterocycles. The molecule has 0 bridgehead atoms. The molecule has 0 fully saturated rings. The van der Waals surface area contributed by atoms with Gasteiger partial charge >= 0.3 is 0 Å². The van der Waals surface area contributed by atoms with E-state index in [1.54, 1.807) is 0 Å². The van der Waals surface area contributed by atoms with Gasteiger partial charge in [-0.25, -0.2) is 0 Å². The van der Waals surface area contributed by atoms with Crippen LogP contribution in [0.2, 0.25) is 0 Å². The predicted octanol–water partition coefficient (Wildman–Crippen LogP) is 4.43. The summed E-state index contributed by atoms with van der Waals surface area (Å²) in [4.78, 5) is 0. The molecule has 0 N–H and O–H groups in total. The van der Waals surface area contributed by atoms with Gasteiger partial charge in [0.2, 0.25) is 0 Å². The van der Waals surface area contributed by atoms with E-state index in [0.29, 0.717) is 0 Å². The summed E-state index contributed by atoms with van der Waals surface area (Å²) in [5.41, 5.74) is 1.74. The van der Waals surface area contributed by atoms with Crippen LogP contribution < -0.4 is 5.30 Å². The quantitative estimate of drug-likeness (QED) is 0.446. The second kappa shape index (κ2) is 5.68. The van der Waals surface area contributed by atoms with Crippen molar-refractivity contribution in [1.82, 2.24) is 0 Å². The number of rotatable bonds is 4. The average molecular weight is 350 g/mol. The summed E-state index contributed by atoms with van der Waals surface area (Å²) in [6, 6.07) is 8.29. The SMILES string of the molecule is CC(C)P(=O)(c1ccc(CI)cc1)C(C)C. The molecule has 0 amide bonds. The molecule has 1 aromatic carbocycles. The lowest BCUT2D eigenvalue weighted by Crippen LogP contribution is -2.19. The molecule has 0 spiro atoms. The van der Waals surface area contributed by atoms with Crippen LogP contribution in [0.4, 0.5) is 0 Å². The Bertz CT molecular complexity index is 369. The molecule has 1 nitrogen and oxygen atoms in total. The standard InChI is InChI=1S/C13H20IOP/c1-10(2)16(15,11(3)4)13-7-5-12(9-14)6-8-13/h5-8,10-11H,9H2,1-4H3. The van der Waals surface area contributed by atoms with E-state index in [0.717, 1.165) is 9.73 Å². The molecule has 0 aliphatic heterocycles. The van der Waals surface area contributed by atoms with Crippen molar-refractivity contribution in [2.24, 2.45) is 0 Å². The molecule has 0 aromatic heterocycles. The number of hydrogen-bond donors (Lipinski definition) is 0. The molecule has 1 aromatic rings. The highest BCUT2D eigenvalue weighted by molar-refractivity contribution is 14.1. The van der Waals surface area contributed by atoms with E-state index >= 15 is 0 Å². The van der Waals surface area contributed by atoms with Crippen LogP contribution in [0.1, 0.15) is 33.3 Å². The minimum atomic E-state index is -2.25. The second-order valence-corrected chi connectivity index (χ2v) is 9.46. The van der Waals surface area contributed by atoms with Crippen molar-refractivity contribution < 1.29 is 4.57 Å². The third kappa shape index (κ3) is 2.70. The first-order valence-corrected chi connectivity index (χ1v) is 9.04. The van der Waals surface area contributed by atoms with Gasteiger partial charge in [0.05, 0.1) is 0 Å². The molecule has 0 aliphatic carbocycles. The van der Waals surface area contributed by atoms with Crippen LogP contribution in [0.15, 0.2) is 24.3 Å². The third-order valence-corrected chi connectivity index (χ3v) is 8.08. The van der Waals surface area contributed by atoms with Crippen molar-refractivity contribution in [3.8, 4) is 0 Å². The van der Waals surface area contributed by atoms with Gasteiger partial charge in [-0.2, -0.15) is 0 Å². The topological polar surface area (TPSA) is 17.1 Å². The smallest absolute Gasteiger partial charge is 0.120 e. The Morgan fingerprint density at radius 2 is 1.50 bits per heavy atom. The largest absolute Gasteiger partial charge is 0.318 e. The third-order valence-electron chi connectivity index (χ3n) is 3.03. The Morgan fingerprint density at radius 1 is 1.06 bits per heavy atom. The minimum Gasteiger partial charge on any atom is -0.318 e. The Balaban J connectivity index is 3.18. The zero-order chi connectivity index (χ0) is 12.3. The minimum absolute atomic E-state index is 0.220. The average Bonchev–Trinajstić information content (AvgIpc) is 2.27. The van der Waals surface area contributed by atoms with Crippen LogP contribution in [0.25, 0.3) is 0 Å². The van der Waals surface area contributed by atoms with Crippen LogP contribution in [0, 0.1) is 0 Å². The van der Waals surface area contributed by atoms with E-state index in [9.17, 15) is 4.57 Å². The maximum absolute atomic E-state index is 13.0. The maximum Gasteiger partial charge on any atom is 0.120 e. The van der Waals surface area contributed by atoms with Gasteiger partial charge in [-0.1, -0.05) is 74.6 Å². The summed E-state index contributed by atoms with van der Waals surface area (Å²) in [7, 11) is -2.25. The fourth-order valence-electron chi connectivity index (χ4n) is 2.01. The number of halogens is 1. The first-order chi connectivity index (χ1) is 7.42. The van der Waals surface area contributed by atoms with E-state index in [4.69, 9.17) is 0 Å². The lowest BCUT2D eigenvalue weighted by Gasteiger charge is -2.26. The number of hydrogen-bond acceptors (Lipinski definition) is 1. The van der Waals surface area contributed by atoms with Crippen molar-refractivity contribution >= 4 is 35.0 Å². The predicted molar refractivity (Wildman–Crippen MR) is 81.7 cm³/mol. The van der Waals surface area contributed by atoms with Crippen molar-refractivity contribution in [3.05, 3.63) is 29.8 Å². The highest BCUT2D eigenvalue weighted by atomic mass is 127. The van der Waals surface area contributed by atoms with Crippen LogP contribution in [0.5, 0.6) is 0 Å². The van der Waals surface area contributed by atoms with Gasteiger partial charge < -0.3 is 4.57 Å². The molecule has 90 valence electrons. The van der Waals surface area contributed by atoms with Gasteiger partial charge in [0.15, 0.2) is 0 Å². The van der Waals surface area contributed by atoms with Gasteiger partial charge in [0, 0.05) is 21.1 Å². The van der Waals surface area contributed by atoms with Crippen molar-refractivity contribution in [3.63, 3.8) is 0 Å². The molecule has 3 heteroatoms. The first-order valence-electron chi connectivity index (χ1n) is 5.67. The Hall–Kier alpha value is 0.180. The Labute approximate surface area is 113 Å². The molecule has 0 atom stereocenters. The highest BCUT2D eigenvalue weighted by Crippen LogP contribution is 2.53. The molecule has 0 heterocycles. The number of benzene rings is 1. The Kier molecular flexibility index (Phi) is 5.06. The van der Waals surface area contributed by atoms with E-state index in [2.05, 4.69) is 74.6 Å². The van der Waals surface area contributed by atoms with Crippen molar-refractivity contribution in [1.29, 1.82) is 0 Å². The van der Waals surface area contributed by atoms with Gasteiger partial charge in [0.1, 0.15) is 7.14 Å². The zero-order valence-corrected chi connectivity index (χ0v) is 13.5. The lowest BCUT2D eigenvalue weighted by molar-refractivity contribution is 0.569. The monoisotopic (exact) mass is 350 g/mol. The van der Waals surface area contributed by atoms with Crippen LogP contribution in [-0.2, 0) is 8.99 Å². The molecule has 0 aliphatic rings. The van der Waals surface area contributed by atoms with Crippen LogP contribution in [-0.4, -0.2) is 11.3 Å². The summed E-state index contributed by atoms with van der Waals surface area (Å²) >= 11 is 2.34. The summed E-state index contributed by atoms with van der Waals surface area (Å²) in [6.07, 6.45) is 0. The van der Waals surface area contributed by atoms with Crippen molar-refractivity contribution in [2.75, 3.05) is 0 Å². The first kappa shape index (κ1) is 14.2. The highest BCUT2D eigenvalue weighted by Gasteiger charge is 2.32. The summed E-state index contributed by atoms with van der Waals surface area (Å²) < 4.78 is 14.0. The fraction of sp³-hybridized carbons (Fsp3) is 0.538. The molecule has 0 saturated carbocycles. The van der Waals surface area contributed by atoms with E-state index in [-0.39, 0.29) is 11.3 Å². The number of alkyl halides is 1. The normalized spacial score (nSPS) is 12.4. The summed E-state index contributed by atoms with van der Waals surface area (Å²) in [5, 5.41) is 1.03.